The van der Waals surface area contributed by atoms with Crippen LogP contribution in [0.15, 0.2) is 24.3 Å². The summed E-state index contributed by atoms with van der Waals surface area (Å²) in [7, 11) is 0. The van der Waals surface area contributed by atoms with Gasteiger partial charge in [-0.15, -0.1) is 0 Å². The quantitative estimate of drug-likeness (QED) is 0.874. The Morgan fingerprint density at radius 1 is 1.47 bits per heavy atom. The van der Waals surface area contributed by atoms with Crippen molar-refractivity contribution in [2.24, 2.45) is 5.73 Å². The first-order valence-corrected chi connectivity index (χ1v) is 7.49. The first-order valence-electron chi connectivity index (χ1n) is 6.34. The maximum Gasteiger partial charge on any atom is 0.0842 e. The van der Waals surface area contributed by atoms with Crippen molar-refractivity contribution in [3.05, 3.63) is 35.4 Å². The second-order valence-electron chi connectivity index (χ2n) is 4.46. The van der Waals surface area contributed by atoms with Crippen molar-refractivity contribution in [2.75, 3.05) is 18.1 Å². The number of hydrogen-bond donors (Lipinski definition) is 1. The number of fused-ring (bicyclic) bond motifs is 1. The lowest BCUT2D eigenvalue weighted by Crippen LogP contribution is -2.28. The summed E-state index contributed by atoms with van der Waals surface area (Å²) in [5.74, 6) is 2.16. The average molecular weight is 251 g/mol. The van der Waals surface area contributed by atoms with Gasteiger partial charge in [0.2, 0.25) is 0 Å². The number of rotatable bonds is 5. The molecule has 1 aromatic rings. The number of ether oxygens (including phenoxy) is 1. The zero-order valence-corrected chi connectivity index (χ0v) is 11.2. The van der Waals surface area contributed by atoms with Gasteiger partial charge in [-0.25, -0.2) is 0 Å². The first kappa shape index (κ1) is 12.9. The second kappa shape index (κ2) is 6.43. The van der Waals surface area contributed by atoms with Crippen molar-refractivity contribution >= 4 is 11.8 Å². The molecule has 0 saturated carbocycles. The second-order valence-corrected chi connectivity index (χ2v) is 5.78. The summed E-state index contributed by atoms with van der Waals surface area (Å²) in [6, 6.07) is 8.81. The summed E-state index contributed by atoms with van der Waals surface area (Å²) in [5, 5.41) is 0. The zero-order valence-electron chi connectivity index (χ0n) is 10.4. The van der Waals surface area contributed by atoms with Crippen molar-refractivity contribution < 1.29 is 4.74 Å². The van der Waals surface area contributed by atoms with Gasteiger partial charge in [-0.1, -0.05) is 31.2 Å². The van der Waals surface area contributed by atoms with Crippen LogP contribution in [0.1, 0.15) is 30.6 Å². The normalized spacial score (nSPS) is 20.9. The smallest absolute Gasteiger partial charge is 0.0842 e. The molecule has 2 unspecified atom stereocenters. The molecule has 0 saturated heterocycles. The molecule has 0 bridgehead atoms. The van der Waals surface area contributed by atoms with Gasteiger partial charge in [0.15, 0.2) is 0 Å². The van der Waals surface area contributed by atoms with Crippen LogP contribution in [0, 0.1) is 0 Å². The molecule has 1 heterocycles. The minimum absolute atomic E-state index is 0.201. The molecule has 2 atom stereocenters. The first-order chi connectivity index (χ1) is 8.31. The molecule has 94 valence electrons. The summed E-state index contributed by atoms with van der Waals surface area (Å²) in [5.41, 5.74) is 8.92. The van der Waals surface area contributed by atoms with E-state index in [1.165, 1.54) is 11.1 Å². The van der Waals surface area contributed by atoms with Crippen molar-refractivity contribution in [3.63, 3.8) is 0 Å². The number of thioether (sulfide) groups is 1. The topological polar surface area (TPSA) is 35.2 Å². The average Bonchev–Trinajstić information content (AvgIpc) is 2.37. The molecule has 1 aromatic carbocycles. The Bertz CT molecular complexity index is 356. The van der Waals surface area contributed by atoms with E-state index in [1.54, 1.807) is 0 Å². The molecule has 0 aromatic heterocycles. The zero-order chi connectivity index (χ0) is 12.1. The van der Waals surface area contributed by atoms with Gasteiger partial charge < -0.3 is 10.5 Å². The molecule has 0 spiro atoms. The molecule has 1 aliphatic rings. The number of nitrogens with two attached hydrogens (primary N) is 1. The molecule has 0 radical (unpaired) electrons. The monoisotopic (exact) mass is 251 g/mol. The molecule has 2 rings (SSSR count). The molecule has 0 aliphatic carbocycles. The Morgan fingerprint density at radius 2 is 2.29 bits per heavy atom. The largest absolute Gasteiger partial charge is 0.373 e. The Morgan fingerprint density at radius 3 is 3.12 bits per heavy atom. The van der Waals surface area contributed by atoms with Gasteiger partial charge in [-0.05, 0) is 29.7 Å². The van der Waals surface area contributed by atoms with Crippen LogP contribution in [0.25, 0.3) is 0 Å². The highest BCUT2D eigenvalue weighted by Crippen LogP contribution is 2.30. The van der Waals surface area contributed by atoms with Gasteiger partial charge in [-0.3, -0.25) is 0 Å². The van der Waals surface area contributed by atoms with Crippen molar-refractivity contribution in [1.29, 1.82) is 0 Å². The van der Waals surface area contributed by atoms with Crippen LogP contribution in [-0.4, -0.2) is 24.2 Å². The standard InChI is InChI=1S/C14H21NOS/c1-2-17-10-12(15)9-14-13-6-4-3-5-11(13)7-8-16-14/h3-6,12,14H,2,7-10,15H2,1H3. The Balaban J connectivity index is 1.98. The third kappa shape index (κ3) is 3.47. The van der Waals surface area contributed by atoms with Gasteiger partial charge in [0.1, 0.15) is 0 Å². The third-order valence-electron chi connectivity index (χ3n) is 3.15. The molecular weight excluding hydrogens is 230 g/mol. The fraction of sp³-hybridized carbons (Fsp3) is 0.571. The summed E-state index contributed by atoms with van der Waals surface area (Å²) < 4.78 is 5.87. The molecule has 2 nitrogen and oxygen atoms in total. The fourth-order valence-corrected chi connectivity index (χ4v) is 2.96. The van der Waals surface area contributed by atoms with E-state index in [4.69, 9.17) is 10.5 Å². The lowest BCUT2D eigenvalue weighted by atomic mass is 9.94. The van der Waals surface area contributed by atoms with Gasteiger partial charge in [-0.2, -0.15) is 11.8 Å². The molecular formula is C14H21NOS. The van der Waals surface area contributed by atoms with Gasteiger partial charge in [0.05, 0.1) is 12.7 Å². The van der Waals surface area contributed by atoms with E-state index in [0.29, 0.717) is 0 Å². The van der Waals surface area contributed by atoms with Gasteiger partial charge in [0, 0.05) is 11.8 Å². The lowest BCUT2D eigenvalue weighted by molar-refractivity contribution is 0.0334. The number of benzene rings is 1. The molecule has 3 heteroatoms. The maximum absolute atomic E-state index is 6.15. The van der Waals surface area contributed by atoms with Gasteiger partial charge in [0.25, 0.3) is 0 Å². The van der Waals surface area contributed by atoms with E-state index < -0.39 is 0 Å². The van der Waals surface area contributed by atoms with Crippen LogP contribution in [-0.2, 0) is 11.2 Å². The van der Waals surface area contributed by atoms with Crippen LogP contribution < -0.4 is 5.73 Å². The van der Waals surface area contributed by atoms with Crippen LogP contribution in [0.5, 0.6) is 0 Å². The Labute approximate surface area is 108 Å². The number of hydrogen-bond acceptors (Lipinski definition) is 3. The van der Waals surface area contributed by atoms with E-state index in [2.05, 4.69) is 31.2 Å². The summed E-state index contributed by atoms with van der Waals surface area (Å²) in [4.78, 5) is 0. The highest BCUT2D eigenvalue weighted by atomic mass is 32.2. The van der Waals surface area contributed by atoms with Crippen LogP contribution in [0.3, 0.4) is 0 Å². The summed E-state index contributed by atoms with van der Waals surface area (Å²) in [6.45, 7) is 3.00. The van der Waals surface area contributed by atoms with Crippen LogP contribution >= 0.6 is 11.8 Å². The molecule has 17 heavy (non-hydrogen) atoms. The minimum Gasteiger partial charge on any atom is -0.373 e. The minimum atomic E-state index is 0.201. The van der Waals surface area contributed by atoms with Crippen molar-refractivity contribution in [1.82, 2.24) is 0 Å². The van der Waals surface area contributed by atoms with Crippen molar-refractivity contribution in [3.8, 4) is 0 Å². The van der Waals surface area contributed by atoms with Gasteiger partial charge >= 0.3 is 0 Å². The lowest BCUT2D eigenvalue weighted by Gasteiger charge is -2.28. The van der Waals surface area contributed by atoms with E-state index in [-0.39, 0.29) is 12.1 Å². The molecule has 0 amide bonds. The summed E-state index contributed by atoms with van der Waals surface area (Å²) >= 11 is 1.91. The Hall–Kier alpha value is -0.510. The van der Waals surface area contributed by atoms with E-state index in [1.807, 2.05) is 11.8 Å². The predicted octanol–water partition coefficient (Wildman–Crippen LogP) is 2.77. The molecule has 2 N–H and O–H groups in total. The maximum atomic E-state index is 6.15. The third-order valence-corrected chi connectivity index (χ3v) is 4.22. The summed E-state index contributed by atoms with van der Waals surface area (Å²) in [6.07, 6.45) is 2.17. The van der Waals surface area contributed by atoms with Crippen LogP contribution in [0.2, 0.25) is 0 Å². The predicted molar refractivity (Wildman–Crippen MR) is 74.4 cm³/mol. The molecule has 0 fully saturated rings. The Kier molecular flexibility index (Phi) is 4.89. The highest BCUT2D eigenvalue weighted by Gasteiger charge is 2.22. The fourth-order valence-electron chi connectivity index (χ4n) is 2.28. The van der Waals surface area contributed by atoms with E-state index in [9.17, 15) is 0 Å². The van der Waals surface area contributed by atoms with Crippen LogP contribution in [0.4, 0.5) is 0 Å². The van der Waals surface area contributed by atoms with E-state index in [0.717, 1.165) is 31.0 Å². The molecule has 1 aliphatic heterocycles. The van der Waals surface area contributed by atoms with Crippen molar-refractivity contribution in [2.45, 2.75) is 31.9 Å². The van der Waals surface area contributed by atoms with E-state index >= 15 is 0 Å². The highest BCUT2D eigenvalue weighted by molar-refractivity contribution is 7.99. The SMILES string of the molecule is CCSCC(N)CC1OCCc2ccccc21.